The molecule has 3 aliphatic carbocycles. The molecule has 6 nitrogen and oxygen atoms in total. The quantitative estimate of drug-likeness (QED) is 0.0953. The summed E-state index contributed by atoms with van der Waals surface area (Å²) in [5, 5.41) is 13.3. The van der Waals surface area contributed by atoms with E-state index in [4.69, 9.17) is 8.83 Å². The molecule has 0 atom stereocenters. The van der Waals surface area contributed by atoms with Gasteiger partial charge in [0, 0.05) is 88.3 Å². The first kappa shape index (κ1) is 75.8. The average molecular weight is 1680 g/mol. The Morgan fingerprint density at radius 3 is 1.08 bits per heavy atom. The van der Waals surface area contributed by atoms with Crippen LogP contribution >= 0.6 is 0 Å². The molecule has 0 amide bonds. The molecule has 618 valence electrons. The summed E-state index contributed by atoms with van der Waals surface area (Å²) in [6.07, 6.45) is 0. The highest BCUT2D eigenvalue weighted by atomic mass is 16.3. The van der Waals surface area contributed by atoms with Gasteiger partial charge >= 0.3 is 0 Å². The van der Waals surface area contributed by atoms with Gasteiger partial charge in [-0.3, -0.25) is 0 Å². The molecule has 0 spiro atoms. The van der Waals surface area contributed by atoms with Gasteiger partial charge in [0.15, 0.2) is 11.2 Å². The smallest absolute Gasteiger partial charge is 0.159 e. The van der Waals surface area contributed by atoms with E-state index in [9.17, 15) is 0 Å². The number of furan rings is 2. The molecule has 0 fully saturated rings. The van der Waals surface area contributed by atoms with Crippen molar-refractivity contribution in [3.63, 3.8) is 0 Å². The van der Waals surface area contributed by atoms with E-state index < -0.39 is 5.41 Å². The fraction of sp³-hybridized carbons (Fsp3) is 0.0560. The lowest BCUT2D eigenvalue weighted by atomic mass is 9.67. The Labute approximate surface area is 760 Å². The van der Waals surface area contributed by atoms with Crippen molar-refractivity contribution >= 4 is 155 Å². The molecule has 0 aliphatic heterocycles. The highest BCUT2D eigenvalue weighted by Gasteiger charge is 2.49. The lowest BCUT2D eigenvalue weighted by Crippen LogP contribution is -2.29. The monoisotopic (exact) mass is 1670 g/mol. The van der Waals surface area contributed by atoms with E-state index in [-0.39, 0.29) is 10.8 Å². The van der Waals surface area contributed by atoms with Crippen LogP contribution in [-0.4, -0.2) is 0 Å². The minimum atomic E-state index is -0.771. The summed E-state index contributed by atoms with van der Waals surface area (Å²) in [7, 11) is 0. The summed E-state index contributed by atoms with van der Waals surface area (Å²) < 4.78 is 14.8. The van der Waals surface area contributed by atoms with Gasteiger partial charge in [-0.25, -0.2) is 0 Å². The Kier molecular flexibility index (Phi) is 16.9. The fourth-order valence-corrected chi connectivity index (χ4v) is 22.9. The SMILES string of the molecule is CC1(C)c2ccccc2-c2ccc(N(c3cc4c5ccccc5c(N(c5ccc6c(c5)C(C)(C)c5ccccc5-6)c5cccc6c5oc5cc(-c7cccc(N(c8ccccc8)c8cc9c(c%10ccccc8%10)-c8ccc(N(c%10ccccc%10)c%10ccccc%10)cc8C9(c8ccccc8)c8ccccc8)c7)ccc56)cc4c4ccccc34)c3cccc4c3oc3ccccc34)cc21. The number of benzene rings is 21. The molecule has 2 heterocycles. The van der Waals surface area contributed by atoms with Crippen molar-refractivity contribution in [1.82, 2.24) is 0 Å². The van der Waals surface area contributed by atoms with Gasteiger partial charge in [-0.1, -0.05) is 343 Å². The molecule has 6 heteroatoms. The molecular formula is C125H86N4O2. The van der Waals surface area contributed by atoms with Crippen molar-refractivity contribution in [3.8, 4) is 44.5 Å². The van der Waals surface area contributed by atoms with Gasteiger partial charge in [0.1, 0.15) is 11.2 Å². The standard InChI is InChI=1S/C125H86N4O2/c1-123(2)107-58-29-26-49-92(107)94-68-64-88(73-109(94)123)128(113-60-33-56-102-99-54-28-31-62-118(99)130-121(102)113)115-76-105-91-48-21-23-52-97(91)116(77-106(105)90-47-20-22-51-96(90)115)129(89-65-69-95-93-50-27-30-59-108(93)124(3,4)110(95)74-89)114-61-34-57-103-100-67-63-80(72-119(100)131-122(103)114)79-35-32-46-86(71-79)127(85-44-18-9-19-45-85)117-78-112-120(101-55-25-24-53-98(101)117)104-70-66-87(126(83-40-14-7-15-41-83)84-42-16-8-17-43-84)75-111(104)125(112,81-36-10-5-11-37-81)82-38-12-6-13-39-82/h5-78H,1-4H3. The minimum Gasteiger partial charge on any atom is -0.454 e. The second kappa shape index (κ2) is 29.3. The Morgan fingerprint density at radius 1 is 0.183 bits per heavy atom. The molecule has 0 bridgehead atoms. The van der Waals surface area contributed by atoms with E-state index >= 15 is 0 Å². The van der Waals surface area contributed by atoms with Crippen LogP contribution in [0.2, 0.25) is 0 Å². The van der Waals surface area contributed by atoms with Gasteiger partial charge in [0.25, 0.3) is 0 Å². The molecule has 0 N–H and O–H groups in total. The third-order valence-corrected chi connectivity index (χ3v) is 28.8. The largest absolute Gasteiger partial charge is 0.454 e. The molecule has 26 rings (SSSR count). The van der Waals surface area contributed by atoms with Gasteiger partial charge < -0.3 is 28.4 Å². The van der Waals surface area contributed by atoms with E-state index in [0.717, 1.165) is 161 Å². The van der Waals surface area contributed by atoms with E-state index in [1.54, 1.807) is 0 Å². The predicted octanol–water partition coefficient (Wildman–Crippen LogP) is 34.6. The Morgan fingerprint density at radius 2 is 0.550 bits per heavy atom. The average Bonchev–Trinajstić information content (AvgIpc) is 1.56. The lowest BCUT2D eigenvalue weighted by molar-refractivity contribution is 0.660. The van der Waals surface area contributed by atoms with Crippen LogP contribution in [0.4, 0.5) is 68.2 Å². The van der Waals surface area contributed by atoms with Crippen molar-refractivity contribution in [1.29, 1.82) is 0 Å². The molecule has 21 aromatic carbocycles. The predicted molar refractivity (Wildman–Crippen MR) is 548 cm³/mol. The zero-order chi connectivity index (χ0) is 87.0. The molecule has 0 radical (unpaired) electrons. The highest BCUT2D eigenvalue weighted by molar-refractivity contribution is 6.26. The van der Waals surface area contributed by atoms with Crippen molar-refractivity contribution < 1.29 is 8.83 Å². The Hall–Kier alpha value is -16.5. The molecule has 2 aromatic heterocycles. The van der Waals surface area contributed by atoms with E-state index in [0.29, 0.717) is 0 Å². The van der Waals surface area contributed by atoms with Crippen molar-refractivity contribution in [2.24, 2.45) is 0 Å². The molecule has 131 heavy (non-hydrogen) atoms. The second-order valence-corrected chi connectivity index (χ2v) is 36.5. The van der Waals surface area contributed by atoms with Crippen molar-refractivity contribution in [3.05, 3.63) is 493 Å². The van der Waals surface area contributed by atoms with Gasteiger partial charge in [-0.15, -0.1) is 0 Å². The van der Waals surface area contributed by atoms with Crippen LogP contribution in [0.1, 0.15) is 72.2 Å². The van der Waals surface area contributed by atoms with Crippen LogP contribution in [0.3, 0.4) is 0 Å². The molecule has 0 saturated heterocycles. The normalized spacial score (nSPS) is 13.5. The fourth-order valence-electron chi connectivity index (χ4n) is 22.9. The van der Waals surface area contributed by atoms with Crippen LogP contribution < -0.4 is 19.6 Å². The number of rotatable bonds is 15. The number of para-hydroxylation sites is 6. The van der Waals surface area contributed by atoms with Crippen LogP contribution in [0.25, 0.3) is 131 Å². The number of hydrogen-bond acceptors (Lipinski definition) is 6. The summed E-state index contributed by atoms with van der Waals surface area (Å²) in [6, 6.07) is 167. The van der Waals surface area contributed by atoms with Gasteiger partial charge in [0.05, 0.1) is 33.9 Å². The van der Waals surface area contributed by atoms with Crippen LogP contribution in [0.15, 0.2) is 458 Å². The van der Waals surface area contributed by atoms with Crippen molar-refractivity contribution in [2.45, 2.75) is 43.9 Å². The maximum atomic E-state index is 7.68. The number of fused-ring (bicyclic) bond motifs is 22. The second-order valence-electron chi connectivity index (χ2n) is 36.5. The number of anilines is 12. The van der Waals surface area contributed by atoms with Gasteiger partial charge in [-0.2, -0.15) is 0 Å². The maximum Gasteiger partial charge on any atom is 0.159 e. The van der Waals surface area contributed by atoms with E-state index in [1.165, 1.54) is 83.3 Å². The third kappa shape index (κ3) is 11.4. The van der Waals surface area contributed by atoms with Crippen LogP contribution in [0.5, 0.6) is 0 Å². The van der Waals surface area contributed by atoms with E-state index in [2.05, 4.69) is 496 Å². The molecule has 3 aliphatic rings. The summed E-state index contributed by atoms with van der Waals surface area (Å²) in [6.45, 7) is 9.51. The lowest BCUT2D eigenvalue weighted by Gasteiger charge is -2.36. The zero-order valence-corrected chi connectivity index (χ0v) is 72.8. The summed E-state index contributed by atoms with van der Waals surface area (Å²) in [4.78, 5) is 9.86. The topological polar surface area (TPSA) is 39.2 Å². The van der Waals surface area contributed by atoms with Gasteiger partial charge in [0.2, 0.25) is 0 Å². The molecule has 0 saturated carbocycles. The van der Waals surface area contributed by atoms with Crippen molar-refractivity contribution in [2.75, 3.05) is 19.6 Å². The highest BCUT2D eigenvalue weighted by Crippen LogP contribution is 2.63. The summed E-state index contributed by atoms with van der Waals surface area (Å²) in [5.74, 6) is 0. The van der Waals surface area contributed by atoms with Gasteiger partial charge in [-0.05, 0) is 249 Å². The molecule has 0 unspecified atom stereocenters. The summed E-state index contributed by atoms with van der Waals surface area (Å²) in [5.41, 5.74) is 34.1. The Balaban J connectivity index is 0.645. The first-order valence-corrected chi connectivity index (χ1v) is 45.5. The first-order chi connectivity index (χ1) is 64.5. The summed E-state index contributed by atoms with van der Waals surface area (Å²) >= 11 is 0. The molecule has 23 aromatic rings. The first-order valence-electron chi connectivity index (χ1n) is 45.5. The van der Waals surface area contributed by atoms with Crippen LogP contribution in [0, 0.1) is 0 Å². The van der Waals surface area contributed by atoms with Crippen LogP contribution in [-0.2, 0) is 16.2 Å². The minimum absolute atomic E-state index is 0.249. The maximum absolute atomic E-state index is 7.68. The number of nitrogens with zero attached hydrogens (tertiary/aromatic N) is 4. The number of hydrogen-bond donors (Lipinski definition) is 0. The Bertz CT molecular complexity index is 8550. The molecular weight excluding hydrogens is 1590 g/mol. The third-order valence-electron chi connectivity index (χ3n) is 28.8. The van der Waals surface area contributed by atoms with E-state index in [1.807, 2.05) is 0 Å². The zero-order valence-electron chi connectivity index (χ0n) is 72.8.